The van der Waals surface area contributed by atoms with E-state index >= 15 is 0 Å². The molecule has 0 spiro atoms. The molecule has 2 aromatic carbocycles. The smallest absolute Gasteiger partial charge is 0.337 e. The number of nitrogens with one attached hydrogen (secondary N) is 1. The first-order chi connectivity index (χ1) is 13.6. The van der Waals surface area contributed by atoms with E-state index in [1.807, 2.05) is 30.3 Å². The minimum Gasteiger partial charge on any atom is -0.496 e. The van der Waals surface area contributed by atoms with E-state index in [1.54, 1.807) is 31.5 Å². The maximum absolute atomic E-state index is 12.1. The van der Waals surface area contributed by atoms with Crippen molar-refractivity contribution in [3.63, 3.8) is 0 Å². The fraction of sp³-hybridized carbons (Fsp3) is 0.0952. The van der Waals surface area contributed by atoms with Gasteiger partial charge in [-0.2, -0.15) is 0 Å². The molecule has 0 saturated heterocycles. The molecule has 0 fully saturated rings. The SMILES string of the molecule is COc1ccccc1-c1ccc(OCC(=O)Nc2ccccc2C(=O)O)nc1. The van der Waals surface area contributed by atoms with Gasteiger partial charge in [0.25, 0.3) is 5.91 Å². The average Bonchev–Trinajstić information content (AvgIpc) is 2.73. The highest BCUT2D eigenvalue weighted by molar-refractivity contribution is 6.00. The number of hydrogen-bond acceptors (Lipinski definition) is 5. The molecule has 2 N–H and O–H groups in total. The van der Waals surface area contributed by atoms with E-state index in [1.165, 1.54) is 12.1 Å². The molecular weight excluding hydrogens is 360 g/mol. The summed E-state index contributed by atoms with van der Waals surface area (Å²) in [6.45, 7) is -0.297. The summed E-state index contributed by atoms with van der Waals surface area (Å²) < 4.78 is 10.7. The minimum atomic E-state index is -1.12. The number of amides is 1. The quantitative estimate of drug-likeness (QED) is 0.653. The van der Waals surface area contributed by atoms with Crippen LogP contribution in [0, 0.1) is 0 Å². The van der Waals surface area contributed by atoms with Gasteiger partial charge in [0.15, 0.2) is 6.61 Å². The van der Waals surface area contributed by atoms with E-state index in [-0.39, 0.29) is 23.7 Å². The van der Waals surface area contributed by atoms with Crippen LogP contribution in [0.4, 0.5) is 5.69 Å². The number of hydrogen-bond donors (Lipinski definition) is 2. The number of carboxylic acids is 1. The lowest BCUT2D eigenvalue weighted by atomic mass is 10.1. The van der Waals surface area contributed by atoms with Crippen molar-refractivity contribution >= 4 is 17.6 Å². The van der Waals surface area contributed by atoms with Crippen LogP contribution >= 0.6 is 0 Å². The lowest BCUT2D eigenvalue weighted by Gasteiger charge is -2.10. The second-order valence-electron chi connectivity index (χ2n) is 5.77. The van der Waals surface area contributed by atoms with Crippen molar-refractivity contribution < 1.29 is 24.2 Å². The summed E-state index contributed by atoms with van der Waals surface area (Å²) in [4.78, 5) is 27.4. The number of nitrogens with zero attached hydrogens (tertiary/aromatic N) is 1. The molecule has 142 valence electrons. The van der Waals surface area contributed by atoms with Crippen LogP contribution in [0.1, 0.15) is 10.4 Å². The Balaban J connectivity index is 1.62. The van der Waals surface area contributed by atoms with Gasteiger partial charge in [0.1, 0.15) is 5.75 Å². The molecule has 0 aliphatic carbocycles. The molecule has 0 saturated carbocycles. The molecule has 7 heteroatoms. The highest BCUT2D eigenvalue weighted by atomic mass is 16.5. The van der Waals surface area contributed by atoms with Gasteiger partial charge in [-0.25, -0.2) is 9.78 Å². The molecular formula is C21H18N2O5. The van der Waals surface area contributed by atoms with Crippen molar-refractivity contribution in [3.05, 3.63) is 72.4 Å². The number of carbonyl (C=O) groups excluding carboxylic acids is 1. The molecule has 7 nitrogen and oxygen atoms in total. The van der Waals surface area contributed by atoms with Crippen LogP contribution in [0.3, 0.4) is 0 Å². The van der Waals surface area contributed by atoms with Crippen LogP contribution in [0.25, 0.3) is 11.1 Å². The molecule has 0 unspecified atom stereocenters. The summed E-state index contributed by atoms with van der Waals surface area (Å²) >= 11 is 0. The summed E-state index contributed by atoms with van der Waals surface area (Å²) in [5, 5.41) is 11.7. The molecule has 0 atom stereocenters. The van der Waals surface area contributed by atoms with Gasteiger partial charge >= 0.3 is 5.97 Å². The Morgan fingerprint density at radius 3 is 2.50 bits per heavy atom. The van der Waals surface area contributed by atoms with E-state index in [4.69, 9.17) is 14.6 Å². The summed E-state index contributed by atoms with van der Waals surface area (Å²) in [6, 6.07) is 17.2. The average molecular weight is 378 g/mol. The van der Waals surface area contributed by atoms with Crippen LogP contribution in [-0.2, 0) is 4.79 Å². The van der Waals surface area contributed by atoms with Crippen LogP contribution in [0.15, 0.2) is 66.9 Å². The van der Waals surface area contributed by atoms with Gasteiger partial charge in [-0.1, -0.05) is 30.3 Å². The maximum atomic E-state index is 12.1. The molecule has 0 aliphatic rings. The number of ether oxygens (including phenoxy) is 2. The Kier molecular flexibility index (Phi) is 5.86. The predicted octanol–water partition coefficient (Wildman–Crippen LogP) is 3.47. The monoisotopic (exact) mass is 378 g/mol. The van der Waals surface area contributed by atoms with Crippen LogP contribution in [-0.4, -0.2) is 35.7 Å². The summed E-state index contributed by atoms with van der Waals surface area (Å²) in [5.74, 6) is -0.593. The van der Waals surface area contributed by atoms with Gasteiger partial charge in [-0.05, 0) is 24.3 Å². The molecule has 0 aliphatic heterocycles. The largest absolute Gasteiger partial charge is 0.496 e. The van der Waals surface area contributed by atoms with E-state index in [2.05, 4.69) is 10.3 Å². The van der Waals surface area contributed by atoms with Crippen molar-refractivity contribution in [2.24, 2.45) is 0 Å². The fourth-order valence-corrected chi connectivity index (χ4v) is 2.61. The number of carboxylic acid groups (broad SMARTS) is 1. The van der Waals surface area contributed by atoms with Crippen LogP contribution in [0.2, 0.25) is 0 Å². The van der Waals surface area contributed by atoms with Crippen LogP contribution in [0.5, 0.6) is 11.6 Å². The van der Waals surface area contributed by atoms with Crippen molar-refractivity contribution in [1.82, 2.24) is 4.98 Å². The first-order valence-electron chi connectivity index (χ1n) is 8.43. The number of rotatable bonds is 7. The van der Waals surface area contributed by atoms with E-state index < -0.39 is 11.9 Å². The molecule has 0 bridgehead atoms. The van der Waals surface area contributed by atoms with Gasteiger partial charge in [0, 0.05) is 23.4 Å². The number of anilines is 1. The molecule has 3 rings (SSSR count). The molecule has 1 heterocycles. The molecule has 0 radical (unpaired) electrons. The molecule has 28 heavy (non-hydrogen) atoms. The van der Waals surface area contributed by atoms with Crippen LogP contribution < -0.4 is 14.8 Å². The van der Waals surface area contributed by atoms with E-state index in [0.717, 1.165) is 16.9 Å². The van der Waals surface area contributed by atoms with Gasteiger partial charge < -0.3 is 19.9 Å². The fourth-order valence-electron chi connectivity index (χ4n) is 2.61. The maximum Gasteiger partial charge on any atom is 0.337 e. The normalized spacial score (nSPS) is 10.2. The third-order valence-corrected chi connectivity index (χ3v) is 3.94. The lowest BCUT2D eigenvalue weighted by Crippen LogP contribution is -2.21. The summed E-state index contributed by atoms with van der Waals surface area (Å²) in [7, 11) is 1.60. The second-order valence-corrected chi connectivity index (χ2v) is 5.77. The highest BCUT2D eigenvalue weighted by Gasteiger charge is 2.12. The second kappa shape index (κ2) is 8.68. The number of aromatic nitrogens is 1. The minimum absolute atomic E-state index is 0.00939. The zero-order valence-electron chi connectivity index (χ0n) is 15.1. The number of benzene rings is 2. The first-order valence-corrected chi connectivity index (χ1v) is 8.43. The zero-order chi connectivity index (χ0) is 19.9. The molecule has 3 aromatic rings. The van der Waals surface area contributed by atoms with E-state index in [9.17, 15) is 9.59 Å². The van der Waals surface area contributed by atoms with Gasteiger partial charge in [-0.3, -0.25) is 4.79 Å². The first kappa shape index (κ1) is 18.9. The third-order valence-electron chi connectivity index (χ3n) is 3.94. The van der Waals surface area contributed by atoms with Crippen molar-refractivity contribution in [2.75, 3.05) is 19.0 Å². The lowest BCUT2D eigenvalue weighted by molar-refractivity contribution is -0.118. The topological polar surface area (TPSA) is 97.8 Å². The van der Waals surface area contributed by atoms with Crippen molar-refractivity contribution in [1.29, 1.82) is 0 Å². The van der Waals surface area contributed by atoms with E-state index in [0.29, 0.717) is 0 Å². The summed E-state index contributed by atoms with van der Waals surface area (Å²) in [6.07, 6.45) is 1.63. The highest BCUT2D eigenvalue weighted by Crippen LogP contribution is 2.29. The van der Waals surface area contributed by atoms with Gasteiger partial charge in [0.05, 0.1) is 18.4 Å². The third kappa shape index (κ3) is 4.45. The number of para-hydroxylation sites is 2. The number of pyridine rings is 1. The zero-order valence-corrected chi connectivity index (χ0v) is 15.1. The Morgan fingerprint density at radius 1 is 1.04 bits per heavy atom. The molecule has 1 amide bonds. The van der Waals surface area contributed by atoms with Crippen molar-refractivity contribution in [2.45, 2.75) is 0 Å². The summed E-state index contributed by atoms with van der Waals surface area (Å²) in [5.41, 5.74) is 1.97. The Morgan fingerprint density at radius 2 is 1.79 bits per heavy atom. The number of aromatic carboxylic acids is 1. The van der Waals surface area contributed by atoms with Gasteiger partial charge in [-0.15, -0.1) is 0 Å². The standard InChI is InChI=1S/C21H18N2O5/c1-27-18-9-5-3-6-15(18)14-10-11-20(22-12-14)28-13-19(24)23-17-8-4-2-7-16(17)21(25)26/h2-12H,13H2,1H3,(H,23,24)(H,25,26). The Hall–Kier alpha value is -3.87. The Labute approximate surface area is 161 Å². The molecule has 1 aromatic heterocycles. The Bertz CT molecular complexity index is 986. The van der Waals surface area contributed by atoms with Crippen molar-refractivity contribution in [3.8, 4) is 22.8 Å². The number of methoxy groups -OCH3 is 1. The van der Waals surface area contributed by atoms with Gasteiger partial charge in [0.2, 0.25) is 5.88 Å². The predicted molar refractivity (Wildman–Crippen MR) is 104 cm³/mol. The number of carbonyl (C=O) groups is 2.